The molecular formula is C22H28N2O7S. The molecule has 2 aromatic carbocycles. The molecule has 1 heterocycles. The largest absolute Gasteiger partial charge is 0.497 e. The lowest BCUT2D eigenvalue weighted by Crippen LogP contribution is -2.25. The van der Waals surface area contributed by atoms with Crippen molar-refractivity contribution >= 4 is 21.6 Å². The maximum Gasteiger partial charge on any atom is 0.240 e. The van der Waals surface area contributed by atoms with Crippen LogP contribution in [0.3, 0.4) is 0 Å². The van der Waals surface area contributed by atoms with Gasteiger partial charge in [0.05, 0.1) is 19.1 Å². The zero-order chi connectivity index (χ0) is 23.0. The Labute approximate surface area is 188 Å². The van der Waals surface area contributed by atoms with Crippen molar-refractivity contribution in [3.8, 4) is 23.0 Å². The summed E-state index contributed by atoms with van der Waals surface area (Å²) in [7, 11) is -0.552. The van der Waals surface area contributed by atoms with E-state index < -0.39 is 10.0 Å². The molecule has 10 heteroatoms. The minimum atomic E-state index is -3.64. The number of nitrogens with one attached hydrogen (secondary N) is 2. The van der Waals surface area contributed by atoms with Gasteiger partial charge in [-0.1, -0.05) is 6.42 Å². The van der Waals surface area contributed by atoms with Crippen molar-refractivity contribution in [1.29, 1.82) is 0 Å². The maximum atomic E-state index is 12.5. The van der Waals surface area contributed by atoms with Crippen LogP contribution in [0.2, 0.25) is 0 Å². The van der Waals surface area contributed by atoms with E-state index in [9.17, 15) is 13.2 Å². The van der Waals surface area contributed by atoms with E-state index in [2.05, 4.69) is 10.0 Å². The number of fused-ring (bicyclic) bond motifs is 1. The molecule has 0 spiro atoms. The fourth-order valence-corrected chi connectivity index (χ4v) is 4.26. The molecule has 0 saturated carbocycles. The van der Waals surface area contributed by atoms with Gasteiger partial charge in [-0.25, -0.2) is 13.1 Å². The van der Waals surface area contributed by atoms with Gasteiger partial charge in [0.2, 0.25) is 15.9 Å². The van der Waals surface area contributed by atoms with E-state index in [1.165, 1.54) is 12.1 Å². The molecule has 0 aromatic heterocycles. The molecule has 2 N–H and O–H groups in total. The Kier molecular flexibility index (Phi) is 8.18. The van der Waals surface area contributed by atoms with E-state index in [4.69, 9.17) is 18.9 Å². The third-order valence-electron chi connectivity index (χ3n) is 4.83. The van der Waals surface area contributed by atoms with Crippen LogP contribution in [0.4, 0.5) is 5.69 Å². The molecule has 1 aliphatic heterocycles. The van der Waals surface area contributed by atoms with Gasteiger partial charge in [0.1, 0.15) is 24.7 Å². The van der Waals surface area contributed by atoms with Gasteiger partial charge in [-0.3, -0.25) is 4.79 Å². The number of carbonyl (C=O) groups is 1. The number of rotatable bonds is 11. The number of amides is 1. The number of benzene rings is 2. The molecule has 32 heavy (non-hydrogen) atoms. The summed E-state index contributed by atoms with van der Waals surface area (Å²) in [4.78, 5) is 12.3. The summed E-state index contributed by atoms with van der Waals surface area (Å²) in [5, 5.41) is 2.82. The average molecular weight is 465 g/mol. The maximum absolute atomic E-state index is 12.5. The Morgan fingerprint density at radius 1 is 0.938 bits per heavy atom. The van der Waals surface area contributed by atoms with Crippen LogP contribution in [-0.2, 0) is 14.8 Å². The van der Waals surface area contributed by atoms with Crippen LogP contribution in [0, 0.1) is 0 Å². The second-order valence-corrected chi connectivity index (χ2v) is 8.93. The molecule has 9 nitrogen and oxygen atoms in total. The summed E-state index contributed by atoms with van der Waals surface area (Å²) in [6, 6.07) is 9.71. The molecule has 0 bridgehead atoms. The van der Waals surface area contributed by atoms with Crippen LogP contribution in [0.5, 0.6) is 23.0 Å². The molecule has 0 fully saturated rings. The van der Waals surface area contributed by atoms with E-state index in [1.807, 2.05) is 0 Å². The Morgan fingerprint density at radius 2 is 1.62 bits per heavy atom. The predicted molar refractivity (Wildman–Crippen MR) is 119 cm³/mol. The third kappa shape index (κ3) is 6.51. The first kappa shape index (κ1) is 23.7. The van der Waals surface area contributed by atoms with Crippen molar-refractivity contribution in [1.82, 2.24) is 4.72 Å². The van der Waals surface area contributed by atoms with Gasteiger partial charge in [0.15, 0.2) is 11.5 Å². The van der Waals surface area contributed by atoms with Crippen LogP contribution in [-0.4, -0.2) is 48.3 Å². The first-order valence-corrected chi connectivity index (χ1v) is 11.8. The monoisotopic (exact) mass is 464 g/mol. The summed E-state index contributed by atoms with van der Waals surface area (Å²) in [6.07, 6.45) is 2.29. The second kappa shape index (κ2) is 11.1. The van der Waals surface area contributed by atoms with Crippen LogP contribution in [0.1, 0.15) is 25.7 Å². The fourth-order valence-electron chi connectivity index (χ4n) is 3.17. The summed E-state index contributed by atoms with van der Waals surface area (Å²) < 4.78 is 48.8. The smallest absolute Gasteiger partial charge is 0.240 e. The average Bonchev–Trinajstić information content (AvgIpc) is 2.80. The molecule has 0 aliphatic carbocycles. The van der Waals surface area contributed by atoms with Gasteiger partial charge >= 0.3 is 0 Å². The molecular weight excluding hydrogens is 436 g/mol. The van der Waals surface area contributed by atoms with Crippen molar-refractivity contribution in [2.24, 2.45) is 0 Å². The van der Waals surface area contributed by atoms with E-state index >= 15 is 0 Å². The Morgan fingerprint density at radius 3 is 2.31 bits per heavy atom. The lowest BCUT2D eigenvalue weighted by molar-refractivity contribution is -0.116. The van der Waals surface area contributed by atoms with Crippen molar-refractivity contribution in [3.63, 3.8) is 0 Å². The van der Waals surface area contributed by atoms with Crippen LogP contribution in [0.15, 0.2) is 41.3 Å². The van der Waals surface area contributed by atoms with Crippen molar-refractivity contribution < 1.29 is 32.2 Å². The third-order valence-corrected chi connectivity index (χ3v) is 6.29. The Balaban J connectivity index is 1.39. The molecule has 174 valence electrons. The molecule has 3 rings (SSSR count). The van der Waals surface area contributed by atoms with Crippen LogP contribution in [0.25, 0.3) is 0 Å². The number of methoxy groups -OCH3 is 2. The number of ether oxygens (including phenoxy) is 4. The number of sulfonamides is 1. The van der Waals surface area contributed by atoms with Crippen molar-refractivity contribution in [2.75, 3.05) is 39.3 Å². The number of anilines is 1. The molecule has 0 atom stereocenters. The molecule has 0 radical (unpaired) electrons. The zero-order valence-electron chi connectivity index (χ0n) is 18.2. The molecule has 1 aliphatic rings. The topological polar surface area (TPSA) is 112 Å². The molecule has 1 amide bonds. The first-order chi connectivity index (χ1) is 15.4. The summed E-state index contributed by atoms with van der Waals surface area (Å²) in [6.45, 7) is 1.12. The highest BCUT2D eigenvalue weighted by Gasteiger charge is 2.19. The lowest BCUT2D eigenvalue weighted by Gasteiger charge is -2.18. The highest BCUT2D eigenvalue weighted by Crippen LogP contribution is 2.32. The number of unbranched alkanes of at least 4 members (excludes halogenated alkanes) is 2. The zero-order valence-corrected chi connectivity index (χ0v) is 19.0. The van der Waals surface area contributed by atoms with Gasteiger partial charge < -0.3 is 24.3 Å². The highest BCUT2D eigenvalue weighted by molar-refractivity contribution is 7.89. The Bertz CT molecular complexity index is 1020. The normalized spacial score (nSPS) is 12.8. The number of hydrogen-bond acceptors (Lipinski definition) is 7. The van der Waals surface area contributed by atoms with Crippen molar-refractivity contribution in [3.05, 3.63) is 36.4 Å². The molecule has 0 unspecified atom stereocenters. The minimum absolute atomic E-state index is 0.128. The van der Waals surface area contributed by atoms with Gasteiger partial charge in [0.25, 0.3) is 0 Å². The van der Waals surface area contributed by atoms with Crippen molar-refractivity contribution in [2.45, 2.75) is 30.6 Å². The number of carbonyl (C=O) groups excluding carboxylic acids is 1. The standard InChI is InChI=1S/C22H28N2O7S/c1-28-17-12-16(13-18(14-17)29-2)24-22(25)6-4-3-5-9-23-32(26,27)19-7-8-20-21(15-19)31-11-10-30-20/h7-8,12-15,23H,3-6,9-11H2,1-2H3,(H,24,25). The van der Waals surface area contributed by atoms with E-state index in [-0.39, 0.29) is 17.3 Å². The second-order valence-electron chi connectivity index (χ2n) is 7.16. The quantitative estimate of drug-likeness (QED) is 0.492. The van der Waals surface area contributed by atoms with E-state index in [0.29, 0.717) is 67.6 Å². The van der Waals surface area contributed by atoms with Gasteiger partial charge in [-0.15, -0.1) is 0 Å². The first-order valence-electron chi connectivity index (χ1n) is 10.3. The van der Waals surface area contributed by atoms with Crippen LogP contribution < -0.4 is 29.0 Å². The lowest BCUT2D eigenvalue weighted by atomic mass is 10.2. The molecule has 2 aromatic rings. The van der Waals surface area contributed by atoms with E-state index in [0.717, 1.165) is 0 Å². The molecule has 0 saturated heterocycles. The number of hydrogen-bond donors (Lipinski definition) is 2. The van der Waals surface area contributed by atoms with Gasteiger partial charge in [0, 0.05) is 42.9 Å². The summed E-state index contributed by atoms with van der Waals surface area (Å²) >= 11 is 0. The summed E-state index contributed by atoms with van der Waals surface area (Å²) in [5.74, 6) is 2.02. The summed E-state index contributed by atoms with van der Waals surface area (Å²) in [5.41, 5.74) is 0.596. The SMILES string of the molecule is COc1cc(NC(=O)CCCCCNS(=O)(=O)c2ccc3c(c2)OCCO3)cc(OC)c1. The fraction of sp³-hybridized carbons (Fsp3) is 0.409. The van der Waals surface area contributed by atoms with Crippen LogP contribution >= 0.6 is 0 Å². The highest BCUT2D eigenvalue weighted by atomic mass is 32.2. The van der Waals surface area contributed by atoms with E-state index in [1.54, 1.807) is 38.5 Å². The predicted octanol–water partition coefficient (Wildman–Crippen LogP) is 2.95. The van der Waals surface area contributed by atoms with Gasteiger partial charge in [-0.05, 0) is 25.0 Å². The minimum Gasteiger partial charge on any atom is -0.497 e. The Hall–Kier alpha value is -2.98. The van der Waals surface area contributed by atoms with Gasteiger partial charge in [-0.2, -0.15) is 0 Å².